The number of aromatic carboxylic acids is 1. The molecule has 8 heteroatoms. The quantitative estimate of drug-likeness (QED) is 0.367. The molecule has 7 N–H and O–H groups in total. The predicted molar refractivity (Wildman–Crippen MR) is 88.0 cm³/mol. The number of fused-ring (bicyclic) bond motifs is 1. The first-order valence-corrected chi connectivity index (χ1v) is 6.81. The van der Waals surface area contributed by atoms with E-state index >= 15 is 0 Å². The maximum absolute atomic E-state index is 14.2. The molecule has 0 amide bonds. The summed E-state index contributed by atoms with van der Waals surface area (Å²) in [5, 5.41) is 18.9. The molecule has 24 heavy (non-hydrogen) atoms. The number of carboxylic acids is 1. The van der Waals surface area contributed by atoms with E-state index in [1.807, 2.05) is 0 Å². The van der Waals surface area contributed by atoms with Crippen molar-refractivity contribution in [1.82, 2.24) is 0 Å². The van der Waals surface area contributed by atoms with Gasteiger partial charge in [-0.1, -0.05) is 12.1 Å². The highest BCUT2D eigenvalue weighted by molar-refractivity contribution is 6.02. The summed E-state index contributed by atoms with van der Waals surface area (Å²) in [5.41, 5.74) is 7.64. The summed E-state index contributed by atoms with van der Waals surface area (Å²) < 4.78 is 19.5. The van der Waals surface area contributed by atoms with Gasteiger partial charge in [0.05, 0.1) is 22.4 Å². The zero-order valence-electron chi connectivity index (χ0n) is 12.7. The van der Waals surface area contributed by atoms with E-state index in [9.17, 15) is 9.18 Å². The number of carboxylic acid groups (broad SMARTS) is 1. The third-order valence-electron chi connectivity index (χ3n) is 3.46. The van der Waals surface area contributed by atoms with E-state index in [0.717, 1.165) is 0 Å². The number of hydrogen-bond acceptors (Lipinski definition) is 6. The minimum absolute atomic E-state index is 0.143. The van der Waals surface area contributed by atoms with Crippen LogP contribution in [0.5, 0.6) is 0 Å². The SMILES string of the molecule is Cc1c(C(=O)O)oc2ccc(F)c(Nc3ccccc3N)c12.NO. The summed E-state index contributed by atoms with van der Waals surface area (Å²) in [5.74, 6) is 1.58. The van der Waals surface area contributed by atoms with Crippen molar-refractivity contribution in [1.29, 1.82) is 0 Å². The molecule has 0 bridgehead atoms. The van der Waals surface area contributed by atoms with Gasteiger partial charge in [0.15, 0.2) is 0 Å². The monoisotopic (exact) mass is 333 g/mol. The lowest BCUT2D eigenvalue weighted by Gasteiger charge is -2.11. The van der Waals surface area contributed by atoms with Crippen molar-refractivity contribution in [2.45, 2.75) is 6.92 Å². The number of nitrogens with one attached hydrogen (secondary N) is 1. The average molecular weight is 333 g/mol. The Balaban J connectivity index is 0.00000100. The third-order valence-corrected chi connectivity index (χ3v) is 3.46. The molecule has 2 aromatic carbocycles. The van der Waals surface area contributed by atoms with Gasteiger partial charge in [0.2, 0.25) is 5.76 Å². The normalized spacial score (nSPS) is 10.2. The lowest BCUT2D eigenvalue weighted by atomic mass is 10.1. The van der Waals surface area contributed by atoms with Crippen LogP contribution in [0.2, 0.25) is 0 Å². The van der Waals surface area contributed by atoms with Crippen LogP contribution in [0.3, 0.4) is 0 Å². The van der Waals surface area contributed by atoms with E-state index in [1.54, 1.807) is 31.2 Å². The first-order chi connectivity index (χ1) is 11.5. The van der Waals surface area contributed by atoms with Crippen LogP contribution in [0.15, 0.2) is 40.8 Å². The molecule has 0 radical (unpaired) electrons. The van der Waals surface area contributed by atoms with Gasteiger partial charge in [-0.05, 0) is 31.2 Å². The fourth-order valence-electron chi connectivity index (χ4n) is 2.39. The molecule has 3 aromatic rings. The van der Waals surface area contributed by atoms with Crippen molar-refractivity contribution in [3.05, 3.63) is 53.5 Å². The van der Waals surface area contributed by atoms with Crippen LogP contribution in [0.4, 0.5) is 21.5 Å². The molecule has 0 aliphatic heterocycles. The maximum Gasteiger partial charge on any atom is 0.372 e. The molecule has 0 spiro atoms. The van der Waals surface area contributed by atoms with E-state index in [1.165, 1.54) is 12.1 Å². The van der Waals surface area contributed by atoms with Gasteiger partial charge in [-0.3, -0.25) is 0 Å². The van der Waals surface area contributed by atoms with Crippen LogP contribution in [-0.2, 0) is 0 Å². The lowest BCUT2D eigenvalue weighted by molar-refractivity contribution is 0.0664. The molecule has 0 unspecified atom stereocenters. The molecule has 0 saturated carbocycles. The summed E-state index contributed by atoms with van der Waals surface area (Å²) >= 11 is 0. The van der Waals surface area contributed by atoms with Gasteiger partial charge in [-0.15, -0.1) is 0 Å². The molecule has 3 rings (SSSR count). The van der Waals surface area contributed by atoms with Crippen LogP contribution in [-0.4, -0.2) is 16.3 Å². The Morgan fingerprint density at radius 3 is 2.50 bits per heavy atom. The van der Waals surface area contributed by atoms with Gasteiger partial charge in [0.1, 0.15) is 11.4 Å². The van der Waals surface area contributed by atoms with E-state index in [-0.39, 0.29) is 11.4 Å². The highest BCUT2D eigenvalue weighted by Crippen LogP contribution is 2.36. The molecule has 126 valence electrons. The summed E-state index contributed by atoms with van der Waals surface area (Å²) in [6.07, 6.45) is 0. The molecule has 0 saturated heterocycles. The van der Waals surface area contributed by atoms with Gasteiger partial charge in [-0.25, -0.2) is 15.1 Å². The molecule has 0 atom stereocenters. The Morgan fingerprint density at radius 1 is 1.21 bits per heavy atom. The number of nitrogen functional groups attached to an aromatic ring is 1. The number of nitrogens with two attached hydrogens (primary N) is 2. The van der Waals surface area contributed by atoms with Crippen molar-refractivity contribution < 1.29 is 23.9 Å². The second-order valence-electron chi connectivity index (χ2n) is 4.87. The van der Waals surface area contributed by atoms with Crippen LogP contribution in [0.1, 0.15) is 16.1 Å². The minimum atomic E-state index is -1.20. The molecular weight excluding hydrogens is 317 g/mol. The summed E-state index contributed by atoms with van der Waals surface area (Å²) in [6, 6.07) is 9.55. The molecule has 0 aliphatic rings. The first-order valence-electron chi connectivity index (χ1n) is 6.81. The van der Waals surface area contributed by atoms with E-state index in [2.05, 4.69) is 11.2 Å². The Bertz CT molecular complexity index is 892. The van der Waals surface area contributed by atoms with Crippen molar-refractivity contribution >= 4 is 34.0 Å². The van der Waals surface area contributed by atoms with Gasteiger partial charge < -0.3 is 25.8 Å². The second-order valence-corrected chi connectivity index (χ2v) is 4.87. The molecule has 1 heterocycles. The standard InChI is InChI=1S/C16H13FN2O3.H3NO/c1-8-13-12(22-15(8)16(20)21)7-6-9(17)14(13)19-11-5-3-2-4-10(11)18;1-2/h2-7,19H,18H2,1H3,(H,20,21);2H,1H2. The first kappa shape index (κ1) is 17.3. The van der Waals surface area contributed by atoms with Crippen molar-refractivity contribution in [2.75, 3.05) is 11.1 Å². The number of benzene rings is 2. The van der Waals surface area contributed by atoms with E-state index in [4.69, 9.17) is 20.5 Å². The smallest absolute Gasteiger partial charge is 0.372 e. The number of halogens is 1. The van der Waals surface area contributed by atoms with Gasteiger partial charge >= 0.3 is 5.97 Å². The minimum Gasteiger partial charge on any atom is -0.475 e. The Labute approximate surface area is 136 Å². The van der Waals surface area contributed by atoms with Gasteiger partial charge in [0.25, 0.3) is 0 Å². The van der Waals surface area contributed by atoms with Crippen LogP contribution >= 0.6 is 0 Å². The molecular formula is C16H16FN3O4. The molecule has 0 fully saturated rings. The Kier molecular flexibility index (Phi) is 5.02. The zero-order valence-corrected chi connectivity index (χ0v) is 12.7. The Morgan fingerprint density at radius 2 is 1.88 bits per heavy atom. The van der Waals surface area contributed by atoms with Crippen molar-refractivity contribution in [2.24, 2.45) is 5.90 Å². The van der Waals surface area contributed by atoms with Crippen molar-refractivity contribution in [3.8, 4) is 0 Å². The predicted octanol–water partition coefficient (Wildman–Crippen LogP) is 3.24. The van der Waals surface area contributed by atoms with Crippen LogP contribution in [0, 0.1) is 12.7 Å². The number of furan rings is 1. The summed E-state index contributed by atoms with van der Waals surface area (Å²) in [7, 11) is 0. The van der Waals surface area contributed by atoms with E-state index in [0.29, 0.717) is 27.9 Å². The molecule has 1 aromatic heterocycles. The summed E-state index contributed by atoms with van der Waals surface area (Å²) in [4.78, 5) is 11.2. The van der Waals surface area contributed by atoms with Crippen LogP contribution in [0.25, 0.3) is 11.0 Å². The maximum atomic E-state index is 14.2. The third kappa shape index (κ3) is 3.00. The second kappa shape index (κ2) is 6.99. The Hall–Kier alpha value is -3.10. The largest absolute Gasteiger partial charge is 0.475 e. The van der Waals surface area contributed by atoms with E-state index < -0.39 is 11.8 Å². The highest BCUT2D eigenvalue weighted by Gasteiger charge is 2.21. The number of aryl methyl sites for hydroxylation is 1. The lowest BCUT2D eigenvalue weighted by Crippen LogP contribution is -1.99. The fraction of sp³-hybridized carbons (Fsp3) is 0.0625. The number of anilines is 3. The topological polar surface area (TPSA) is 135 Å². The highest BCUT2D eigenvalue weighted by atomic mass is 19.1. The number of hydrogen-bond donors (Lipinski definition) is 5. The van der Waals surface area contributed by atoms with Crippen molar-refractivity contribution in [3.63, 3.8) is 0 Å². The molecule has 7 nitrogen and oxygen atoms in total. The number of rotatable bonds is 3. The van der Waals surface area contributed by atoms with Crippen LogP contribution < -0.4 is 16.9 Å². The fourth-order valence-corrected chi connectivity index (χ4v) is 2.39. The zero-order chi connectivity index (χ0) is 17.9. The molecule has 0 aliphatic carbocycles. The number of carbonyl (C=O) groups is 1. The van der Waals surface area contributed by atoms with Gasteiger partial charge in [-0.2, -0.15) is 0 Å². The summed E-state index contributed by atoms with van der Waals surface area (Å²) in [6.45, 7) is 1.58. The average Bonchev–Trinajstić information content (AvgIpc) is 2.91. The van der Waals surface area contributed by atoms with Gasteiger partial charge in [0, 0.05) is 5.56 Å². The number of para-hydroxylation sites is 2.